The first-order valence-corrected chi connectivity index (χ1v) is 9.16. The highest BCUT2D eigenvalue weighted by Gasteiger charge is 2.21. The molecule has 6 nitrogen and oxygen atoms in total. The fraction of sp³-hybridized carbons (Fsp3) is 0.632. The molecule has 1 aliphatic rings. The van der Waals surface area contributed by atoms with E-state index >= 15 is 0 Å². The lowest BCUT2D eigenvalue weighted by Crippen LogP contribution is -2.28. The number of rotatable bonds is 3. The highest BCUT2D eigenvalue weighted by Crippen LogP contribution is 2.33. The van der Waals surface area contributed by atoms with Crippen LogP contribution >= 0.6 is 0 Å². The molecule has 0 aliphatic carbocycles. The first kappa shape index (κ1) is 19.4. The molecule has 0 saturated carbocycles. The van der Waals surface area contributed by atoms with Crippen LogP contribution in [0, 0.1) is 6.92 Å². The molecule has 0 amide bonds. The van der Waals surface area contributed by atoms with Crippen molar-refractivity contribution < 1.29 is 9.47 Å². The van der Waals surface area contributed by atoms with Crippen molar-refractivity contribution in [1.82, 2.24) is 15.0 Å². The van der Waals surface area contributed by atoms with Gasteiger partial charge in [0.25, 0.3) is 0 Å². The Balaban J connectivity index is 0.00000109. The van der Waals surface area contributed by atoms with E-state index in [0.29, 0.717) is 12.5 Å². The Hall–Kier alpha value is -1.95. The zero-order valence-corrected chi connectivity index (χ0v) is 16.3. The van der Waals surface area contributed by atoms with Crippen molar-refractivity contribution in [2.24, 2.45) is 0 Å². The van der Waals surface area contributed by atoms with Gasteiger partial charge in [0.15, 0.2) is 0 Å². The van der Waals surface area contributed by atoms with E-state index in [1.807, 2.05) is 26.8 Å². The van der Waals surface area contributed by atoms with Crippen LogP contribution in [0.1, 0.15) is 51.6 Å². The molecule has 25 heavy (non-hydrogen) atoms. The predicted octanol–water partition coefficient (Wildman–Crippen LogP) is 3.72. The highest BCUT2D eigenvalue weighted by molar-refractivity contribution is 5.94. The van der Waals surface area contributed by atoms with Gasteiger partial charge in [-0.15, -0.1) is 0 Å². The maximum Gasteiger partial charge on any atom is 0.226 e. The Morgan fingerprint density at radius 2 is 1.88 bits per heavy atom. The Morgan fingerprint density at radius 3 is 2.56 bits per heavy atom. The van der Waals surface area contributed by atoms with Crippen LogP contribution in [0.15, 0.2) is 6.07 Å². The first-order chi connectivity index (χ1) is 12.1. The molecule has 0 unspecified atom stereocenters. The molecule has 0 bridgehead atoms. The van der Waals surface area contributed by atoms with E-state index in [0.717, 1.165) is 54.4 Å². The minimum atomic E-state index is 0.265. The number of hydrogen-bond donors (Lipinski definition) is 0. The third kappa shape index (κ3) is 4.37. The molecule has 0 N–H and O–H groups in total. The number of hydrogen-bond acceptors (Lipinski definition) is 6. The van der Waals surface area contributed by atoms with Crippen LogP contribution in [-0.4, -0.2) is 48.4 Å². The van der Waals surface area contributed by atoms with Crippen LogP contribution in [0.2, 0.25) is 0 Å². The van der Waals surface area contributed by atoms with Crippen molar-refractivity contribution in [2.45, 2.75) is 47.0 Å². The van der Waals surface area contributed by atoms with Crippen molar-refractivity contribution in [3.05, 3.63) is 17.6 Å². The molecular weight excluding hydrogens is 316 g/mol. The number of fused-ring (bicyclic) bond motifs is 1. The van der Waals surface area contributed by atoms with Crippen LogP contribution < -0.4 is 9.64 Å². The summed E-state index contributed by atoms with van der Waals surface area (Å²) in [6.45, 7) is 13.4. The lowest BCUT2D eigenvalue weighted by Gasteiger charge is -2.24. The summed E-state index contributed by atoms with van der Waals surface area (Å²) >= 11 is 0. The summed E-state index contributed by atoms with van der Waals surface area (Å²) in [5.74, 6) is 2.62. The average molecular weight is 346 g/mol. The van der Waals surface area contributed by atoms with E-state index in [-0.39, 0.29) is 5.92 Å². The van der Waals surface area contributed by atoms with Crippen LogP contribution in [0.3, 0.4) is 0 Å². The molecule has 1 saturated heterocycles. The Morgan fingerprint density at radius 1 is 1.12 bits per heavy atom. The van der Waals surface area contributed by atoms with Gasteiger partial charge in [0, 0.05) is 31.3 Å². The smallest absolute Gasteiger partial charge is 0.226 e. The number of pyridine rings is 1. The van der Waals surface area contributed by atoms with Gasteiger partial charge in [0.1, 0.15) is 17.0 Å². The molecule has 2 aromatic heterocycles. The Labute approximate surface area is 150 Å². The number of aromatic nitrogens is 3. The molecular formula is C19H30N4O2. The molecule has 0 aromatic carbocycles. The zero-order chi connectivity index (χ0) is 18.4. The van der Waals surface area contributed by atoms with Gasteiger partial charge in [-0.05, 0) is 19.4 Å². The number of methoxy groups -OCH3 is 1. The molecule has 1 fully saturated rings. The van der Waals surface area contributed by atoms with Gasteiger partial charge < -0.3 is 14.4 Å². The van der Waals surface area contributed by atoms with Crippen LogP contribution in [0.4, 0.5) is 5.82 Å². The van der Waals surface area contributed by atoms with Crippen LogP contribution in [0.25, 0.3) is 10.9 Å². The summed E-state index contributed by atoms with van der Waals surface area (Å²) in [6, 6.07) is 2.00. The molecule has 138 valence electrons. The summed E-state index contributed by atoms with van der Waals surface area (Å²) < 4.78 is 11.1. The fourth-order valence-corrected chi connectivity index (χ4v) is 2.83. The molecule has 3 rings (SSSR count). The predicted molar refractivity (Wildman–Crippen MR) is 102 cm³/mol. The van der Waals surface area contributed by atoms with Gasteiger partial charge in [0.2, 0.25) is 5.88 Å². The normalized spacial score (nSPS) is 14.9. The maximum atomic E-state index is 5.58. The largest absolute Gasteiger partial charge is 0.480 e. The van der Waals surface area contributed by atoms with Crippen molar-refractivity contribution >= 4 is 16.7 Å². The van der Waals surface area contributed by atoms with E-state index < -0.39 is 0 Å². The molecule has 2 aromatic rings. The summed E-state index contributed by atoms with van der Waals surface area (Å²) in [6.07, 6.45) is 0.990. The maximum absolute atomic E-state index is 5.58. The first-order valence-electron chi connectivity index (χ1n) is 9.16. The van der Waals surface area contributed by atoms with Gasteiger partial charge in [-0.25, -0.2) is 15.0 Å². The molecule has 0 atom stereocenters. The summed E-state index contributed by atoms with van der Waals surface area (Å²) in [7, 11) is 1.65. The third-order valence-corrected chi connectivity index (χ3v) is 4.00. The van der Waals surface area contributed by atoms with E-state index in [4.69, 9.17) is 19.4 Å². The number of anilines is 1. The SMILES string of the molecule is CC.COc1nc(C)cc2nc(C(C)C)nc(N3CCCOCC3)c12. The van der Waals surface area contributed by atoms with E-state index in [9.17, 15) is 0 Å². The van der Waals surface area contributed by atoms with E-state index in [1.165, 1.54) is 0 Å². The van der Waals surface area contributed by atoms with Crippen LogP contribution in [-0.2, 0) is 4.74 Å². The van der Waals surface area contributed by atoms with Crippen molar-refractivity contribution in [2.75, 3.05) is 38.3 Å². The number of nitrogens with zero attached hydrogens (tertiary/aromatic N) is 4. The second kappa shape index (κ2) is 8.94. The van der Waals surface area contributed by atoms with E-state index in [1.54, 1.807) is 7.11 Å². The third-order valence-electron chi connectivity index (χ3n) is 4.00. The minimum Gasteiger partial charge on any atom is -0.480 e. The number of aryl methyl sites for hydroxylation is 1. The molecule has 0 spiro atoms. The molecule has 6 heteroatoms. The average Bonchev–Trinajstić information content (AvgIpc) is 2.90. The Kier molecular flexibility index (Phi) is 6.93. The summed E-state index contributed by atoms with van der Waals surface area (Å²) in [5.41, 5.74) is 1.79. The highest BCUT2D eigenvalue weighted by atomic mass is 16.5. The monoisotopic (exact) mass is 346 g/mol. The molecule has 3 heterocycles. The van der Waals surface area contributed by atoms with Crippen molar-refractivity contribution in [1.29, 1.82) is 0 Å². The fourth-order valence-electron chi connectivity index (χ4n) is 2.83. The lowest BCUT2D eigenvalue weighted by atomic mass is 10.1. The lowest BCUT2D eigenvalue weighted by molar-refractivity contribution is 0.152. The molecule has 1 aliphatic heterocycles. The van der Waals surface area contributed by atoms with Gasteiger partial charge >= 0.3 is 0 Å². The van der Waals surface area contributed by atoms with Crippen molar-refractivity contribution in [3.8, 4) is 5.88 Å². The topological polar surface area (TPSA) is 60.4 Å². The van der Waals surface area contributed by atoms with Gasteiger partial charge in [-0.1, -0.05) is 27.7 Å². The van der Waals surface area contributed by atoms with Crippen LogP contribution in [0.5, 0.6) is 5.88 Å². The minimum absolute atomic E-state index is 0.265. The second-order valence-electron chi connectivity index (χ2n) is 6.18. The van der Waals surface area contributed by atoms with Crippen molar-refractivity contribution in [3.63, 3.8) is 0 Å². The van der Waals surface area contributed by atoms with E-state index in [2.05, 4.69) is 23.7 Å². The van der Waals surface area contributed by atoms with Gasteiger partial charge in [-0.2, -0.15) is 0 Å². The quantitative estimate of drug-likeness (QED) is 0.844. The van der Waals surface area contributed by atoms with Gasteiger partial charge in [-0.3, -0.25) is 0 Å². The second-order valence-corrected chi connectivity index (χ2v) is 6.18. The summed E-state index contributed by atoms with van der Waals surface area (Å²) in [4.78, 5) is 16.4. The zero-order valence-electron chi connectivity index (χ0n) is 16.3. The Bertz CT molecular complexity index is 695. The van der Waals surface area contributed by atoms with Gasteiger partial charge in [0.05, 0.1) is 19.2 Å². The molecule has 0 radical (unpaired) electrons. The summed E-state index contributed by atoms with van der Waals surface area (Å²) in [5, 5.41) is 0.893. The standard InChI is InChI=1S/C17H24N4O2.C2H6/c1-11(2)15-19-13-10-12(3)18-17(22-4)14(13)16(20-15)21-6-5-8-23-9-7-21;1-2/h10-11H,5-9H2,1-4H3;1-2H3. The number of ether oxygens (including phenoxy) is 2.